The first-order valence-corrected chi connectivity index (χ1v) is 8.16. The number of fused-ring (bicyclic) bond motifs is 1. The molecule has 22 heavy (non-hydrogen) atoms. The molecule has 0 aliphatic carbocycles. The van der Waals surface area contributed by atoms with Gasteiger partial charge in [-0.1, -0.05) is 6.92 Å². The van der Waals surface area contributed by atoms with E-state index in [-0.39, 0.29) is 17.8 Å². The number of nitrogens with zero attached hydrogens (tertiary/aromatic N) is 3. The third kappa shape index (κ3) is 2.10. The van der Waals surface area contributed by atoms with Crippen molar-refractivity contribution in [1.82, 2.24) is 4.90 Å². The van der Waals surface area contributed by atoms with E-state index in [0.717, 1.165) is 11.3 Å². The summed E-state index contributed by atoms with van der Waals surface area (Å²) in [5, 5.41) is 12.5. The average Bonchev–Trinajstić information content (AvgIpc) is 2.70. The van der Waals surface area contributed by atoms with E-state index in [0.29, 0.717) is 39.3 Å². The Kier molecular flexibility index (Phi) is 3.63. The summed E-state index contributed by atoms with van der Waals surface area (Å²) < 4.78 is 1.33. The number of urea groups is 1. The van der Waals surface area contributed by atoms with E-state index in [9.17, 15) is 14.8 Å². The first-order valence-electron chi connectivity index (χ1n) is 7.36. The molecule has 0 N–H and O–H groups in total. The van der Waals surface area contributed by atoms with Crippen LogP contribution in [0, 0.1) is 25.0 Å². The van der Waals surface area contributed by atoms with Crippen molar-refractivity contribution in [3.05, 3.63) is 27.0 Å². The molecular weight excluding hydrogens is 350 g/mol. The highest BCUT2D eigenvalue weighted by molar-refractivity contribution is 9.10. The van der Waals surface area contributed by atoms with Gasteiger partial charge in [0.15, 0.2) is 0 Å². The number of rotatable bonds is 1. The SMILES string of the molecule is Cc1cc(Br)c(C)[n+]([O-])c1N1C(=O)C2CC(C)CCN2C1=O. The molecule has 0 radical (unpaired) electrons. The van der Waals surface area contributed by atoms with Gasteiger partial charge in [0.25, 0.3) is 5.82 Å². The van der Waals surface area contributed by atoms with Gasteiger partial charge in [-0.15, -0.1) is 4.90 Å². The second-order valence-corrected chi connectivity index (χ2v) is 7.03. The van der Waals surface area contributed by atoms with Gasteiger partial charge >= 0.3 is 11.9 Å². The van der Waals surface area contributed by atoms with Crippen molar-refractivity contribution in [1.29, 1.82) is 0 Å². The molecule has 2 fully saturated rings. The smallest absolute Gasteiger partial charge is 0.419 e. The lowest BCUT2D eigenvalue weighted by molar-refractivity contribution is -0.599. The fourth-order valence-electron chi connectivity index (χ4n) is 3.21. The second-order valence-electron chi connectivity index (χ2n) is 6.17. The maximum Gasteiger partial charge on any atom is 0.419 e. The van der Waals surface area contributed by atoms with Crippen LogP contribution in [-0.4, -0.2) is 29.4 Å². The van der Waals surface area contributed by atoms with Gasteiger partial charge in [0, 0.05) is 12.1 Å². The van der Waals surface area contributed by atoms with Crippen molar-refractivity contribution in [2.75, 3.05) is 11.4 Å². The molecule has 118 valence electrons. The highest BCUT2D eigenvalue weighted by atomic mass is 79.9. The van der Waals surface area contributed by atoms with Crippen LogP contribution in [-0.2, 0) is 4.79 Å². The number of aromatic nitrogens is 1. The topological polar surface area (TPSA) is 67.6 Å². The van der Waals surface area contributed by atoms with Gasteiger partial charge in [-0.05, 0) is 54.6 Å². The van der Waals surface area contributed by atoms with E-state index in [4.69, 9.17) is 0 Å². The molecule has 3 heterocycles. The summed E-state index contributed by atoms with van der Waals surface area (Å²) in [6, 6.07) is 0.954. The van der Waals surface area contributed by atoms with Crippen molar-refractivity contribution in [3.8, 4) is 0 Å². The molecule has 3 rings (SSSR count). The summed E-state index contributed by atoms with van der Waals surface area (Å²) in [6.07, 6.45) is 1.55. The molecule has 0 aromatic carbocycles. The highest BCUT2D eigenvalue weighted by Crippen LogP contribution is 2.33. The van der Waals surface area contributed by atoms with Crippen molar-refractivity contribution in [2.24, 2.45) is 5.92 Å². The summed E-state index contributed by atoms with van der Waals surface area (Å²) in [4.78, 5) is 28.0. The largest absolute Gasteiger partial charge is 0.710 e. The third-order valence-electron chi connectivity index (χ3n) is 4.56. The van der Waals surface area contributed by atoms with Crippen molar-refractivity contribution >= 4 is 33.7 Å². The summed E-state index contributed by atoms with van der Waals surface area (Å²) in [6.45, 7) is 6.04. The van der Waals surface area contributed by atoms with Gasteiger partial charge in [-0.3, -0.25) is 4.90 Å². The standard InChI is InChI=1S/C15H18BrN3O3/c1-8-4-5-17-12(6-8)14(20)18(15(17)21)13-9(2)7-11(16)10(3)19(13)22/h7-8,12H,4-6H2,1-3H3. The Bertz CT molecular complexity index is 676. The van der Waals surface area contributed by atoms with Crippen LogP contribution in [0.1, 0.15) is 31.0 Å². The number of carbonyl (C=O) groups excluding carboxylic acids is 2. The zero-order valence-corrected chi connectivity index (χ0v) is 14.4. The molecule has 2 saturated heterocycles. The Balaban J connectivity index is 2.08. The molecule has 2 unspecified atom stereocenters. The predicted octanol–water partition coefficient (Wildman–Crippen LogP) is 2.27. The Labute approximate surface area is 137 Å². The van der Waals surface area contributed by atoms with Crippen molar-refractivity contribution in [2.45, 2.75) is 39.7 Å². The van der Waals surface area contributed by atoms with Crippen LogP contribution in [0.2, 0.25) is 0 Å². The van der Waals surface area contributed by atoms with Gasteiger partial charge in [-0.25, -0.2) is 14.3 Å². The number of imide groups is 1. The second kappa shape index (κ2) is 5.22. The summed E-state index contributed by atoms with van der Waals surface area (Å²) in [5.74, 6) is 0.244. The molecule has 0 bridgehead atoms. The molecule has 3 amide bonds. The van der Waals surface area contributed by atoms with E-state index in [1.807, 2.05) is 0 Å². The van der Waals surface area contributed by atoms with Crippen LogP contribution in [0.5, 0.6) is 0 Å². The van der Waals surface area contributed by atoms with Gasteiger partial charge in [0.1, 0.15) is 11.7 Å². The Hall–Kier alpha value is -1.63. The number of carbonyl (C=O) groups is 2. The van der Waals surface area contributed by atoms with E-state index in [1.165, 1.54) is 0 Å². The lowest BCUT2D eigenvalue weighted by Gasteiger charge is -2.28. The normalized spacial score (nSPS) is 24.9. The molecule has 2 aliphatic heterocycles. The van der Waals surface area contributed by atoms with Gasteiger partial charge < -0.3 is 5.21 Å². The molecule has 6 nitrogen and oxygen atoms in total. The fourth-order valence-corrected chi connectivity index (χ4v) is 3.72. The molecule has 1 aromatic rings. The van der Waals surface area contributed by atoms with Crippen LogP contribution >= 0.6 is 15.9 Å². The van der Waals surface area contributed by atoms with E-state index < -0.39 is 6.04 Å². The van der Waals surface area contributed by atoms with Gasteiger partial charge in [0.2, 0.25) is 0 Å². The molecule has 1 aromatic heterocycles. The maximum atomic E-state index is 12.7. The monoisotopic (exact) mass is 367 g/mol. The van der Waals surface area contributed by atoms with Gasteiger partial charge in [-0.2, -0.15) is 0 Å². The number of hydrogen-bond acceptors (Lipinski definition) is 3. The zero-order valence-electron chi connectivity index (χ0n) is 12.8. The minimum absolute atomic E-state index is 0.123. The molecule has 0 spiro atoms. The summed E-state index contributed by atoms with van der Waals surface area (Å²) in [5.41, 5.74) is 1.03. The number of piperidine rings is 1. The number of anilines is 1. The highest BCUT2D eigenvalue weighted by Gasteiger charge is 2.54. The Morgan fingerprint density at radius 3 is 2.73 bits per heavy atom. The quantitative estimate of drug-likeness (QED) is 0.434. The van der Waals surface area contributed by atoms with Crippen molar-refractivity contribution < 1.29 is 14.3 Å². The van der Waals surface area contributed by atoms with Crippen LogP contribution < -0.4 is 9.63 Å². The van der Waals surface area contributed by atoms with E-state index in [1.54, 1.807) is 24.8 Å². The Morgan fingerprint density at radius 1 is 1.36 bits per heavy atom. The van der Waals surface area contributed by atoms with Crippen LogP contribution in [0.3, 0.4) is 0 Å². The number of pyridine rings is 1. The zero-order chi connectivity index (χ0) is 16.2. The number of hydrogen-bond donors (Lipinski definition) is 0. The first-order chi connectivity index (χ1) is 10.3. The number of aryl methyl sites for hydroxylation is 1. The van der Waals surface area contributed by atoms with E-state index >= 15 is 0 Å². The fraction of sp³-hybridized carbons (Fsp3) is 0.533. The third-order valence-corrected chi connectivity index (χ3v) is 5.36. The minimum Gasteiger partial charge on any atom is -0.710 e. The maximum absolute atomic E-state index is 12.7. The lowest BCUT2D eigenvalue weighted by atomic mass is 9.93. The first kappa shape index (κ1) is 15.3. The lowest BCUT2D eigenvalue weighted by Crippen LogP contribution is -2.45. The molecule has 0 saturated carbocycles. The molecular formula is C15H18BrN3O3. The van der Waals surface area contributed by atoms with Crippen LogP contribution in [0.15, 0.2) is 10.5 Å². The average molecular weight is 368 g/mol. The predicted molar refractivity (Wildman–Crippen MR) is 84.4 cm³/mol. The number of halogens is 1. The molecule has 2 aliphatic rings. The molecule has 2 atom stereocenters. The summed E-state index contributed by atoms with van der Waals surface area (Å²) in [7, 11) is 0. The van der Waals surface area contributed by atoms with Crippen LogP contribution in [0.4, 0.5) is 10.6 Å². The minimum atomic E-state index is -0.431. The number of amides is 3. The van der Waals surface area contributed by atoms with Gasteiger partial charge in [0.05, 0.1) is 4.47 Å². The molecule has 7 heteroatoms. The Morgan fingerprint density at radius 2 is 2.05 bits per heavy atom. The van der Waals surface area contributed by atoms with Crippen molar-refractivity contribution in [3.63, 3.8) is 0 Å². The van der Waals surface area contributed by atoms with Crippen LogP contribution in [0.25, 0.3) is 0 Å². The van der Waals surface area contributed by atoms with E-state index in [2.05, 4.69) is 22.9 Å². The summed E-state index contributed by atoms with van der Waals surface area (Å²) >= 11 is 3.32.